The van der Waals surface area contributed by atoms with Crippen LogP contribution in [-0.2, 0) is 6.18 Å². The Kier molecular flexibility index (Phi) is 5.88. The second kappa shape index (κ2) is 8.71. The number of alkyl halides is 3. The van der Waals surface area contributed by atoms with Gasteiger partial charge in [-0.25, -0.2) is 0 Å². The number of para-hydroxylation sites is 1. The van der Waals surface area contributed by atoms with Crippen LogP contribution in [0.4, 0.5) is 18.9 Å². The largest absolute Gasteiger partial charge is 0.416 e. The standard InChI is InChI=1S/C31H29F3N2O/c1-17-15-25(24-8-6-7-22-18(2)16-35-28(22)24)23(26-19(3)29(37)30(4,5)36-27(17)26)14-11-20-9-12-21(13-10-20)31(32,33)34/h6-10,12-13,15-16,19,29,35-37H,1-5H3/t19-,29?/m0/s1. The summed E-state index contributed by atoms with van der Waals surface area (Å²) in [6, 6.07) is 13.1. The van der Waals surface area contributed by atoms with Crippen LogP contribution in [-0.4, -0.2) is 21.7 Å². The van der Waals surface area contributed by atoms with Crippen molar-refractivity contribution in [3.63, 3.8) is 0 Å². The van der Waals surface area contributed by atoms with Crippen LogP contribution in [0.1, 0.15) is 60.1 Å². The van der Waals surface area contributed by atoms with E-state index in [1.807, 2.05) is 46.0 Å². The Morgan fingerprint density at radius 2 is 1.65 bits per heavy atom. The topological polar surface area (TPSA) is 48.0 Å². The Bertz CT molecular complexity index is 1570. The first-order valence-electron chi connectivity index (χ1n) is 12.3. The lowest BCUT2D eigenvalue weighted by Crippen LogP contribution is -2.50. The number of fused-ring (bicyclic) bond motifs is 2. The molecule has 0 saturated heterocycles. The van der Waals surface area contributed by atoms with Crippen LogP contribution in [0.15, 0.2) is 54.7 Å². The van der Waals surface area contributed by atoms with Crippen molar-refractivity contribution >= 4 is 16.6 Å². The summed E-state index contributed by atoms with van der Waals surface area (Å²) >= 11 is 0. The Balaban J connectivity index is 1.76. The fourth-order valence-electron chi connectivity index (χ4n) is 5.39. The number of anilines is 1. The van der Waals surface area contributed by atoms with Gasteiger partial charge in [0.05, 0.1) is 22.7 Å². The maximum absolute atomic E-state index is 13.0. The Morgan fingerprint density at radius 3 is 2.32 bits per heavy atom. The number of aromatic amines is 1. The summed E-state index contributed by atoms with van der Waals surface area (Å²) in [4.78, 5) is 3.39. The van der Waals surface area contributed by atoms with E-state index < -0.39 is 23.4 Å². The van der Waals surface area contributed by atoms with Gasteiger partial charge in [-0.05, 0) is 74.7 Å². The van der Waals surface area contributed by atoms with E-state index in [4.69, 9.17) is 0 Å². The van der Waals surface area contributed by atoms with E-state index in [1.54, 1.807) is 0 Å². The number of H-pyrrole nitrogens is 1. The summed E-state index contributed by atoms with van der Waals surface area (Å²) in [5, 5.41) is 15.8. The van der Waals surface area contributed by atoms with Crippen molar-refractivity contribution in [2.45, 2.75) is 58.4 Å². The molecule has 0 fully saturated rings. The number of aliphatic hydroxyl groups is 1. The van der Waals surface area contributed by atoms with E-state index in [0.29, 0.717) is 5.56 Å². The van der Waals surface area contributed by atoms with Gasteiger partial charge in [-0.2, -0.15) is 13.2 Å². The normalized spacial score (nSPS) is 18.6. The molecule has 37 heavy (non-hydrogen) atoms. The predicted molar refractivity (Wildman–Crippen MR) is 143 cm³/mol. The van der Waals surface area contributed by atoms with Gasteiger partial charge in [0.25, 0.3) is 0 Å². The number of hydrogen-bond acceptors (Lipinski definition) is 2. The van der Waals surface area contributed by atoms with E-state index in [9.17, 15) is 18.3 Å². The monoisotopic (exact) mass is 502 g/mol. The number of halogens is 3. The molecule has 3 nitrogen and oxygen atoms in total. The molecule has 0 aliphatic carbocycles. The molecule has 3 aromatic carbocycles. The molecule has 5 rings (SSSR count). The Hall–Kier alpha value is -3.69. The van der Waals surface area contributed by atoms with Crippen LogP contribution in [0.2, 0.25) is 0 Å². The highest BCUT2D eigenvalue weighted by atomic mass is 19.4. The SMILES string of the molecule is Cc1cc(-c2cccc3c(C)c[nH]c23)c(C#Cc2ccc(C(F)(F)F)cc2)c2c1NC(C)(C)C(O)[C@H]2C. The van der Waals surface area contributed by atoms with Gasteiger partial charge in [-0.3, -0.25) is 0 Å². The molecule has 0 amide bonds. The molecule has 1 aromatic heterocycles. The third-order valence-corrected chi connectivity index (χ3v) is 7.44. The fourth-order valence-corrected chi connectivity index (χ4v) is 5.39. The van der Waals surface area contributed by atoms with E-state index in [1.165, 1.54) is 12.1 Å². The third-order valence-electron chi connectivity index (χ3n) is 7.44. The number of nitrogens with one attached hydrogen (secondary N) is 2. The molecule has 0 saturated carbocycles. The molecule has 1 unspecified atom stereocenters. The predicted octanol–water partition coefficient (Wildman–Crippen LogP) is 7.54. The summed E-state index contributed by atoms with van der Waals surface area (Å²) in [5.41, 5.74) is 6.94. The van der Waals surface area contributed by atoms with Crippen LogP contribution in [0.5, 0.6) is 0 Å². The van der Waals surface area contributed by atoms with Crippen molar-refractivity contribution < 1.29 is 18.3 Å². The minimum absolute atomic E-state index is 0.216. The lowest BCUT2D eigenvalue weighted by atomic mass is 9.75. The van der Waals surface area contributed by atoms with Crippen molar-refractivity contribution in [1.82, 2.24) is 4.98 Å². The maximum Gasteiger partial charge on any atom is 0.416 e. The van der Waals surface area contributed by atoms with E-state index >= 15 is 0 Å². The smallest absolute Gasteiger partial charge is 0.390 e. The van der Waals surface area contributed by atoms with Crippen LogP contribution >= 0.6 is 0 Å². The average molecular weight is 503 g/mol. The summed E-state index contributed by atoms with van der Waals surface area (Å²) in [6.45, 7) is 10.0. The highest BCUT2D eigenvalue weighted by molar-refractivity contribution is 5.98. The maximum atomic E-state index is 13.0. The van der Waals surface area contributed by atoms with Crippen molar-refractivity contribution in [2.75, 3.05) is 5.32 Å². The molecule has 4 aromatic rings. The summed E-state index contributed by atoms with van der Waals surface area (Å²) in [6.07, 6.45) is -3.08. The van der Waals surface area contributed by atoms with Crippen LogP contribution in [0.25, 0.3) is 22.0 Å². The van der Waals surface area contributed by atoms with Gasteiger partial charge in [0, 0.05) is 45.4 Å². The molecule has 3 N–H and O–H groups in total. The molecule has 190 valence electrons. The average Bonchev–Trinajstić information content (AvgIpc) is 3.23. The van der Waals surface area contributed by atoms with Gasteiger partial charge >= 0.3 is 6.18 Å². The number of benzene rings is 3. The van der Waals surface area contributed by atoms with Gasteiger partial charge in [-0.15, -0.1) is 0 Å². The second-order valence-corrected chi connectivity index (χ2v) is 10.5. The fraction of sp³-hybridized carbons (Fsp3) is 0.290. The number of aromatic nitrogens is 1. The molecule has 1 aliphatic heterocycles. The number of aryl methyl sites for hydroxylation is 2. The van der Waals surface area contributed by atoms with Gasteiger partial charge in [0.1, 0.15) is 0 Å². The molecule has 2 heterocycles. The Labute approximate surface area is 214 Å². The first-order valence-corrected chi connectivity index (χ1v) is 12.3. The van der Waals surface area contributed by atoms with Crippen LogP contribution in [0, 0.1) is 25.7 Å². The van der Waals surface area contributed by atoms with Crippen molar-refractivity contribution in [2.24, 2.45) is 0 Å². The van der Waals surface area contributed by atoms with Crippen molar-refractivity contribution in [1.29, 1.82) is 0 Å². The first-order chi connectivity index (χ1) is 17.4. The van der Waals surface area contributed by atoms with Gasteiger partial charge in [-0.1, -0.05) is 37.0 Å². The molecule has 0 radical (unpaired) electrons. The zero-order chi connectivity index (χ0) is 26.7. The summed E-state index contributed by atoms with van der Waals surface area (Å²) in [5.74, 6) is 6.17. The number of aliphatic hydroxyl groups excluding tert-OH is 1. The molecular formula is C31H29F3N2O. The minimum atomic E-state index is -4.40. The quantitative estimate of drug-likeness (QED) is 0.236. The van der Waals surface area contributed by atoms with Crippen molar-refractivity contribution in [3.8, 4) is 23.0 Å². The number of hydrogen-bond donors (Lipinski definition) is 3. The summed E-state index contributed by atoms with van der Waals surface area (Å²) in [7, 11) is 0. The molecule has 2 atom stereocenters. The molecule has 1 aliphatic rings. The van der Waals surface area contributed by atoms with E-state index in [0.717, 1.165) is 62.1 Å². The molecular weight excluding hydrogens is 473 g/mol. The highest BCUT2D eigenvalue weighted by Crippen LogP contribution is 2.46. The second-order valence-electron chi connectivity index (χ2n) is 10.5. The minimum Gasteiger partial charge on any atom is -0.390 e. The van der Waals surface area contributed by atoms with Gasteiger partial charge < -0.3 is 15.4 Å². The lowest BCUT2D eigenvalue weighted by Gasteiger charge is -2.43. The highest BCUT2D eigenvalue weighted by Gasteiger charge is 2.41. The van der Waals surface area contributed by atoms with Gasteiger partial charge in [0.2, 0.25) is 0 Å². The number of rotatable bonds is 1. The molecule has 0 spiro atoms. The zero-order valence-electron chi connectivity index (χ0n) is 21.4. The third kappa shape index (κ3) is 4.28. The van der Waals surface area contributed by atoms with Gasteiger partial charge in [0.15, 0.2) is 0 Å². The summed E-state index contributed by atoms with van der Waals surface area (Å²) < 4.78 is 39.1. The Morgan fingerprint density at radius 1 is 0.946 bits per heavy atom. The zero-order valence-corrected chi connectivity index (χ0v) is 21.4. The molecule has 0 bridgehead atoms. The van der Waals surface area contributed by atoms with E-state index in [2.05, 4.69) is 41.2 Å². The first kappa shape index (κ1) is 25.0. The van der Waals surface area contributed by atoms with Crippen LogP contribution < -0.4 is 5.32 Å². The lowest BCUT2D eigenvalue weighted by molar-refractivity contribution is -0.137. The van der Waals surface area contributed by atoms with Crippen LogP contribution in [0.3, 0.4) is 0 Å². The van der Waals surface area contributed by atoms with E-state index in [-0.39, 0.29) is 5.92 Å². The van der Waals surface area contributed by atoms with Crippen molar-refractivity contribution in [3.05, 3.63) is 88.1 Å². The molecule has 6 heteroatoms.